The van der Waals surface area contributed by atoms with Crippen molar-refractivity contribution >= 4 is 44.7 Å². The fourth-order valence-electron chi connectivity index (χ4n) is 1.27. The van der Waals surface area contributed by atoms with E-state index in [-0.39, 0.29) is 23.2 Å². The lowest BCUT2D eigenvalue weighted by atomic mass is 10.3. The van der Waals surface area contributed by atoms with Gasteiger partial charge in [0.1, 0.15) is 11.6 Å². The van der Waals surface area contributed by atoms with E-state index in [1.807, 2.05) is 0 Å². The number of thiophene rings is 1. The molecule has 0 N–H and O–H groups in total. The second-order valence-corrected chi connectivity index (χ2v) is 5.56. The van der Waals surface area contributed by atoms with Crippen molar-refractivity contribution in [1.29, 1.82) is 0 Å². The lowest BCUT2D eigenvalue weighted by molar-refractivity contribution is 0.0924. The van der Waals surface area contributed by atoms with Crippen molar-refractivity contribution in [2.24, 2.45) is 0 Å². The number of halogens is 3. The zero-order chi connectivity index (χ0) is 13.1. The summed E-state index contributed by atoms with van der Waals surface area (Å²) in [5, 5.41) is 1.83. The Morgan fingerprint density at radius 2 is 2.22 bits per heavy atom. The van der Waals surface area contributed by atoms with E-state index < -0.39 is 5.82 Å². The molecular formula is C12H7BrClFO2S. The number of hydrogen-bond acceptors (Lipinski definition) is 3. The second-order valence-electron chi connectivity index (χ2n) is 3.39. The Kier molecular flexibility index (Phi) is 4.37. The number of ketones is 1. The molecule has 2 aromatic rings. The van der Waals surface area contributed by atoms with Gasteiger partial charge >= 0.3 is 0 Å². The van der Waals surface area contributed by atoms with E-state index in [1.54, 1.807) is 11.4 Å². The zero-order valence-corrected chi connectivity index (χ0v) is 12.1. The normalized spacial score (nSPS) is 10.4. The fourth-order valence-corrected chi connectivity index (χ4v) is 2.91. The maximum absolute atomic E-state index is 13.1. The molecule has 1 aromatic carbocycles. The van der Waals surface area contributed by atoms with Crippen LogP contribution in [-0.4, -0.2) is 12.4 Å². The summed E-state index contributed by atoms with van der Waals surface area (Å²) in [7, 11) is 0. The topological polar surface area (TPSA) is 26.3 Å². The van der Waals surface area contributed by atoms with Crippen LogP contribution < -0.4 is 4.74 Å². The first-order valence-electron chi connectivity index (χ1n) is 4.92. The first-order chi connectivity index (χ1) is 8.58. The minimum Gasteiger partial charge on any atom is -0.485 e. The monoisotopic (exact) mass is 348 g/mol. The lowest BCUT2D eigenvalue weighted by Gasteiger charge is -2.05. The molecule has 0 radical (unpaired) electrons. The van der Waals surface area contributed by atoms with Gasteiger partial charge in [0.05, 0.1) is 9.90 Å². The van der Waals surface area contributed by atoms with E-state index in [4.69, 9.17) is 16.3 Å². The summed E-state index contributed by atoms with van der Waals surface area (Å²) in [6.45, 7) is -0.139. The number of carbonyl (C=O) groups excluding carboxylic acids is 1. The SMILES string of the molecule is O=C(COc1ccc(Cl)c(F)c1)c1sccc1Br. The van der Waals surface area contributed by atoms with E-state index in [2.05, 4.69) is 15.9 Å². The van der Waals surface area contributed by atoms with Gasteiger partial charge < -0.3 is 4.74 Å². The molecule has 0 spiro atoms. The van der Waals surface area contributed by atoms with Crippen LogP contribution in [0.3, 0.4) is 0 Å². The zero-order valence-electron chi connectivity index (χ0n) is 8.95. The molecule has 0 saturated carbocycles. The van der Waals surface area contributed by atoms with Gasteiger partial charge in [-0.1, -0.05) is 11.6 Å². The van der Waals surface area contributed by atoms with E-state index in [9.17, 15) is 9.18 Å². The molecule has 0 atom stereocenters. The quantitative estimate of drug-likeness (QED) is 0.756. The van der Waals surface area contributed by atoms with Crippen molar-refractivity contribution in [3.05, 3.63) is 49.8 Å². The summed E-state index contributed by atoms with van der Waals surface area (Å²) in [6, 6.07) is 5.85. The summed E-state index contributed by atoms with van der Waals surface area (Å²) in [5.41, 5.74) is 0. The Hall–Kier alpha value is -0.910. The molecule has 6 heteroatoms. The second kappa shape index (κ2) is 5.82. The van der Waals surface area contributed by atoms with Crippen molar-refractivity contribution in [2.75, 3.05) is 6.61 Å². The van der Waals surface area contributed by atoms with Crippen LogP contribution in [0.4, 0.5) is 4.39 Å². The molecular weight excluding hydrogens is 343 g/mol. The van der Waals surface area contributed by atoms with Crippen LogP contribution in [0.25, 0.3) is 0 Å². The molecule has 2 nitrogen and oxygen atoms in total. The Balaban J connectivity index is 2.02. The molecule has 0 bridgehead atoms. The van der Waals surface area contributed by atoms with Crippen LogP contribution in [0.15, 0.2) is 34.1 Å². The van der Waals surface area contributed by atoms with Crippen LogP contribution in [0.1, 0.15) is 9.67 Å². The number of Topliss-reactive ketones (excluding diaryl/α,β-unsaturated/α-hetero) is 1. The Morgan fingerprint density at radius 3 is 2.83 bits per heavy atom. The minimum absolute atomic E-state index is 0.0228. The number of benzene rings is 1. The third-order valence-corrected chi connectivity index (χ3v) is 4.32. The van der Waals surface area contributed by atoms with Crippen molar-refractivity contribution in [1.82, 2.24) is 0 Å². The highest BCUT2D eigenvalue weighted by molar-refractivity contribution is 9.10. The predicted molar refractivity (Wildman–Crippen MR) is 73.3 cm³/mol. The van der Waals surface area contributed by atoms with Crippen molar-refractivity contribution in [2.45, 2.75) is 0 Å². The predicted octanol–water partition coefficient (Wildman–Crippen LogP) is 4.56. The van der Waals surface area contributed by atoms with Gasteiger partial charge in [0.15, 0.2) is 6.61 Å². The van der Waals surface area contributed by atoms with Gasteiger partial charge in [0.2, 0.25) is 5.78 Å². The van der Waals surface area contributed by atoms with Gasteiger partial charge in [-0.15, -0.1) is 11.3 Å². The standard InChI is InChI=1S/C12H7BrClFO2S/c13-8-3-4-18-12(8)11(16)6-17-7-1-2-9(14)10(15)5-7/h1-5H,6H2. The number of rotatable bonds is 4. The van der Waals surface area contributed by atoms with E-state index >= 15 is 0 Å². The molecule has 94 valence electrons. The van der Waals surface area contributed by atoms with E-state index in [1.165, 1.54) is 23.5 Å². The van der Waals surface area contributed by atoms with Crippen LogP contribution in [-0.2, 0) is 0 Å². The summed E-state index contributed by atoms with van der Waals surface area (Å²) in [4.78, 5) is 12.4. The van der Waals surface area contributed by atoms with Gasteiger partial charge in [0.25, 0.3) is 0 Å². The lowest BCUT2D eigenvalue weighted by Crippen LogP contribution is -2.10. The number of hydrogen-bond donors (Lipinski definition) is 0. The Morgan fingerprint density at radius 1 is 1.44 bits per heavy atom. The molecule has 0 fully saturated rings. The first kappa shape index (κ1) is 13.5. The van der Waals surface area contributed by atoms with E-state index in [0.29, 0.717) is 4.88 Å². The average Bonchev–Trinajstić information content (AvgIpc) is 2.77. The smallest absolute Gasteiger partial charge is 0.211 e. The highest BCUT2D eigenvalue weighted by atomic mass is 79.9. The maximum atomic E-state index is 13.1. The van der Waals surface area contributed by atoms with Crippen molar-refractivity contribution in [3.8, 4) is 5.75 Å². The Bertz CT molecular complexity index is 585. The van der Waals surface area contributed by atoms with Gasteiger partial charge in [-0.2, -0.15) is 0 Å². The molecule has 1 heterocycles. The summed E-state index contributed by atoms with van der Waals surface area (Å²) in [6.07, 6.45) is 0. The third kappa shape index (κ3) is 3.10. The molecule has 18 heavy (non-hydrogen) atoms. The highest BCUT2D eigenvalue weighted by Crippen LogP contribution is 2.24. The molecule has 0 unspecified atom stereocenters. The Labute approximate surface area is 120 Å². The summed E-state index contributed by atoms with van der Waals surface area (Å²) < 4.78 is 19.1. The van der Waals surface area contributed by atoms with Crippen LogP contribution in [0.2, 0.25) is 5.02 Å². The molecule has 0 aliphatic carbocycles. The molecule has 0 amide bonds. The van der Waals surface area contributed by atoms with Gasteiger partial charge in [-0.3, -0.25) is 4.79 Å². The minimum atomic E-state index is -0.570. The molecule has 0 aliphatic heterocycles. The third-order valence-electron chi connectivity index (χ3n) is 2.13. The highest BCUT2D eigenvalue weighted by Gasteiger charge is 2.12. The summed E-state index contributed by atoms with van der Waals surface area (Å²) in [5.74, 6) is -0.455. The van der Waals surface area contributed by atoms with Crippen molar-refractivity contribution in [3.63, 3.8) is 0 Å². The van der Waals surface area contributed by atoms with E-state index in [0.717, 1.165) is 10.5 Å². The molecule has 0 saturated heterocycles. The van der Waals surface area contributed by atoms with Crippen molar-refractivity contribution < 1.29 is 13.9 Å². The van der Waals surface area contributed by atoms with Crippen LogP contribution in [0, 0.1) is 5.82 Å². The van der Waals surface area contributed by atoms with Gasteiger partial charge in [0, 0.05) is 10.5 Å². The van der Waals surface area contributed by atoms with Crippen LogP contribution >= 0.6 is 38.9 Å². The number of carbonyl (C=O) groups is 1. The largest absolute Gasteiger partial charge is 0.485 e. The molecule has 1 aromatic heterocycles. The van der Waals surface area contributed by atoms with Gasteiger partial charge in [-0.25, -0.2) is 4.39 Å². The number of ether oxygens (including phenoxy) is 1. The first-order valence-corrected chi connectivity index (χ1v) is 6.97. The summed E-state index contributed by atoms with van der Waals surface area (Å²) >= 11 is 10.1. The average molecular weight is 350 g/mol. The molecule has 0 aliphatic rings. The van der Waals surface area contributed by atoms with Gasteiger partial charge in [-0.05, 0) is 39.5 Å². The van der Waals surface area contributed by atoms with Crippen LogP contribution in [0.5, 0.6) is 5.75 Å². The fraction of sp³-hybridized carbons (Fsp3) is 0.0833. The maximum Gasteiger partial charge on any atom is 0.211 e. The molecule has 2 rings (SSSR count).